The number of carbonyl (C=O) groups is 2. The summed E-state index contributed by atoms with van der Waals surface area (Å²) in [5, 5.41) is 0. The fraction of sp³-hybridized carbons (Fsp3) is 0.750. The standard InChI is InChI=1S/C8H13NO2/c10-6-8(7-11)9-4-2-1-3-5-9/h6-8H,1-5H2. The second-order valence-corrected chi connectivity index (χ2v) is 2.86. The van der Waals surface area contributed by atoms with Gasteiger partial charge in [-0.25, -0.2) is 0 Å². The molecule has 11 heavy (non-hydrogen) atoms. The molecular weight excluding hydrogens is 142 g/mol. The molecule has 0 aromatic rings. The van der Waals surface area contributed by atoms with Crippen LogP contribution in [0.15, 0.2) is 0 Å². The molecule has 0 spiro atoms. The second-order valence-electron chi connectivity index (χ2n) is 2.86. The van der Waals surface area contributed by atoms with Gasteiger partial charge < -0.3 is 9.59 Å². The van der Waals surface area contributed by atoms with E-state index in [2.05, 4.69) is 0 Å². The fourth-order valence-electron chi connectivity index (χ4n) is 1.42. The van der Waals surface area contributed by atoms with Crippen LogP contribution in [0.5, 0.6) is 0 Å². The van der Waals surface area contributed by atoms with Crippen molar-refractivity contribution in [2.45, 2.75) is 25.3 Å². The molecule has 0 atom stereocenters. The highest BCUT2D eigenvalue weighted by molar-refractivity contribution is 5.82. The molecule has 1 aliphatic rings. The first-order valence-electron chi connectivity index (χ1n) is 4.03. The van der Waals surface area contributed by atoms with Crippen LogP contribution in [0, 0.1) is 0 Å². The van der Waals surface area contributed by atoms with Gasteiger partial charge in [0.25, 0.3) is 0 Å². The summed E-state index contributed by atoms with van der Waals surface area (Å²) in [6.45, 7) is 1.78. The Balaban J connectivity index is 2.42. The smallest absolute Gasteiger partial charge is 0.144 e. The quantitative estimate of drug-likeness (QED) is 0.432. The maximum Gasteiger partial charge on any atom is 0.144 e. The first kappa shape index (κ1) is 8.40. The number of aldehydes is 2. The third-order valence-electron chi connectivity index (χ3n) is 2.09. The largest absolute Gasteiger partial charge is 0.301 e. The molecule has 3 heteroatoms. The van der Waals surface area contributed by atoms with Crippen LogP contribution < -0.4 is 0 Å². The molecule has 1 aliphatic heterocycles. The van der Waals surface area contributed by atoms with Crippen LogP contribution in [0.1, 0.15) is 19.3 Å². The van der Waals surface area contributed by atoms with Gasteiger partial charge in [0.05, 0.1) is 0 Å². The summed E-state index contributed by atoms with van der Waals surface area (Å²) in [6, 6.07) is -0.490. The van der Waals surface area contributed by atoms with Crippen LogP contribution in [0.3, 0.4) is 0 Å². The third-order valence-corrected chi connectivity index (χ3v) is 2.09. The van der Waals surface area contributed by atoms with Crippen LogP contribution >= 0.6 is 0 Å². The molecule has 3 nitrogen and oxygen atoms in total. The molecule has 1 rings (SSSR count). The second kappa shape index (κ2) is 4.23. The van der Waals surface area contributed by atoms with Gasteiger partial charge in [0.1, 0.15) is 18.6 Å². The molecular formula is C8H13NO2. The van der Waals surface area contributed by atoms with Gasteiger partial charge in [-0.15, -0.1) is 0 Å². The Labute approximate surface area is 66.4 Å². The minimum absolute atomic E-state index is 0.490. The fourth-order valence-corrected chi connectivity index (χ4v) is 1.42. The van der Waals surface area contributed by atoms with Gasteiger partial charge >= 0.3 is 0 Å². The van der Waals surface area contributed by atoms with Crippen molar-refractivity contribution in [2.75, 3.05) is 13.1 Å². The summed E-state index contributed by atoms with van der Waals surface area (Å²) >= 11 is 0. The van der Waals surface area contributed by atoms with Crippen LogP contribution in [0.25, 0.3) is 0 Å². The maximum absolute atomic E-state index is 10.4. The lowest BCUT2D eigenvalue weighted by Gasteiger charge is -2.27. The van der Waals surface area contributed by atoms with E-state index in [9.17, 15) is 9.59 Å². The first-order valence-corrected chi connectivity index (χ1v) is 4.03. The monoisotopic (exact) mass is 155 g/mol. The Morgan fingerprint density at radius 3 is 2.00 bits per heavy atom. The summed E-state index contributed by atoms with van der Waals surface area (Å²) in [7, 11) is 0. The van der Waals surface area contributed by atoms with E-state index >= 15 is 0 Å². The zero-order valence-corrected chi connectivity index (χ0v) is 6.53. The van der Waals surface area contributed by atoms with Crippen molar-refractivity contribution in [3.8, 4) is 0 Å². The number of carbonyl (C=O) groups excluding carboxylic acids is 2. The van der Waals surface area contributed by atoms with Crippen molar-refractivity contribution in [1.29, 1.82) is 0 Å². The third kappa shape index (κ3) is 2.12. The average Bonchev–Trinajstić information content (AvgIpc) is 2.09. The van der Waals surface area contributed by atoms with Gasteiger partial charge in [-0.2, -0.15) is 0 Å². The summed E-state index contributed by atoms with van der Waals surface area (Å²) in [5.74, 6) is 0. The van der Waals surface area contributed by atoms with Crippen molar-refractivity contribution >= 4 is 12.6 Å². The van der Waals surface area contributed by atoms with Crippen molar-refractivity contribution in [3.63, 3.8) is 0 Å². The van der Waals surface area contributed by atoms with Gasteiger partial charge in [0, 0.05) is 0 Å². The molecule has 0 aliphatic carbocycles. The highest BCUT2D eigenvalue weighted by atomic mass is 16.1. The highest BCUT2D eigenvalue weighted by Gasteiger charge is 2.18. The van der Waals surface area contributed by atoms with Crippen LogP contribution in [0.4, 0.5) is 0 Å². The van der Waals surface area contributed by atoms with Gasteiger partial charge in [0.15, 0.2) is 0 Å². The van der Waals surface area contributed by atoms with E-state index in [0.717, 1.165) is 38.5 Å². The molecule has 0 unspecified atom stereocenters. The molecule has 1 fully saturated rings. The van der Waals surface area contributed by atoms with E-state index in [1.54, 1.807) is 0 Å². The topological polar surface area (TPSA) is 37.4 Å². The van der Waals surface area contributed by atoms with E-state index in [-0.39, 0.29) is 0 Å². The van der Waals surface area contributed by atoms with Crippen LogP contribution in [-0.2, 0) is 9.59 Å². The Morgan fingerprint density at radius 1 is 1.00 bits per heavy atom. The van der Waals surface area contributed by atoms with E-state index in [1.165, 1.54) is 6.42 Å². The van der Waals surface area contributed by atoms with Crippen molar-refractivity contribution in [1.82, 2.24) is 4.90 Å². The number of rotatable bonds is 3. The molecule has 0 aromatic heterocycles. The summed E-state index contributed by atoms with van der Waals surface area (Å²) in [6.07, 6.45) is 4.88. The van der Waals surface area contributed by atoms with Crippen LogP contribution in [0.2, 0.25) is 0 Å². The predicted molar refractivity (Wildman–Crippen MR) is 41.3 cm³/mol. The molecule has 0 radical (unpaired) electrons. The SMILES string of the molecule is O=CC(C=O)N1CCCCC1. The van der Waals surface area contributed by atoms with Gasteiger partial charge in [-0.05, 0) is 25.9 Å². The van der Waals surface area contributed by atoms with Crippen molar-refractivity contribution < 1.29 is 9.59 Å². The zero-order valence-electron chi connectivity index (χ0n) is 6.53. The molecule has 0 bridgehead atoms. The number of likely N-dealkylation sites (tertiary alicyclic amines) is 1. The molecule has 1 saturated heterocycles. The predicted octanol–water partition coefficient (Wildman–Crippen LogP) is 0.239. The van der Waals surface area contributed by atoms with E-state index in [0.29, 0.717) is 0 Å². The maximum atomic E-state index is 10.4. The lowest BCUT2D eigenvalue weighted by atomic mass is 10.1. The Bertz CT molecular complexity index is 133. The van der Waals surface area contributed by atoms with E-state index in [1.807, 2.05) is 4.90 Å². The molecule has 0 amide bonds. The van der Waals surface area contributed by atoms with Gasteiger partial charge in [-0.3, -0.25) is 4.90 Å². The average molecular weight is 155 g/mol. The molecule has 0 aromatic carbocycles. The Hall–Kier alpha value is -0.700. The minimum atomic E-state index is -0.490. The molecule has 0 N–H and O–H groups in total. The lowest BCUT2D eigenvalue weighted by molar-refractivity contribution is -0.121. The normalized spacial score (nSPS) is 20.1. The lowest BCUT2D eigenvalue weighted by Crippen LogP contribution is -2.41. The Morgan fingerprint density at radius 2 is 1.55 bits per heavy atom. The van der Waals surface area contributed by atoms with E-state index < -0.39 is 6.04 Å². The van der Waals surface area contributed by atoms with Crippen LogP contribution in [-0.4, -0.2) is 36.6 Å². The van der Waals surface area contributed by atoms with E-state index in [4.69, 9.17) is 0 Å². The summed E-state index contributed by atoms with van der Waals surface area (Å²) in [4.78, 5) is 22.7. The highest BCUT2D eigenvalue weighted by Crippen LogP contribution is 2.09. The summed E-state index contributed by atoms with van der Waals surface area (Å²) in [5.41, 5.74) is 0. The first-order chi connectivity index (χ1) is 5.38. The number of nitrogens with zero attached hydrogens (tertiary/aromatic N) is 1. The molecule has 1 heterocycles. The minimum Gasteiger partial charge on any atom is -0.301 e. The summed E-state index contributed by atoms with van der Waals surface area (Å²) < 4.78 is 0. The van der Waals surface area contributed by atoms with Crippen molar-refractivity contribution in [3.05, 3.63) is 0 Å². The Kier molecular flexibility index (Phi) is 3.23. The van der Waals surface area contributed by atoms with Gasteiger partial charge in [-0.1, -0.05) is 6.42 Å². The number of hydrogen-bond donors (Lipinski definition) is 0. The van der Waals surface area contributed by atoms with Gasteiger partial charge in [0.2, 0.25) is 0 Å². The zero-order chi connectivity index (χ0) is 8.10. The number of piperidine rings is 1. The van der Waals surface area contributed by atoms with Crippen molar-refractivity contribution in [2.24, 2.45) is 0 Å². The molecule has 0 saturated carbocycles. The molecule has 62 valence electrons. The number of hydrogen-bond acceptors (Lipinski definition) is 3.